The summed E-state index contributed by atoms with van der Waals surface area (Å²) in [5.41, 5.74) is 0. The van der Waals surface area contributed by atoms with Crippen LogP contribution in [0.5, 0.6) is 0 Å². The monoisotopic (exact) mass is 520 g/mol. The summed E-state index contributed by atoms with van der Waals surface area (Å²) in [6.07, 6.45) is 48.1. The van der Waals surface area contributed by atoms with Crippen LogP contribution in [-0.2, 0) is 0 Å². The van der Waals surface area contributed by atoms with Crippen molar-refractivity contribution in [2.45, 2.75) is 226 Å². The summed E-state index contributed by atoms with van der Waals surface area (Å²) in [7, 11) is 0. The van der Waals surface area contributed by atoms with Crippen molar-refractivity contribution in [2.75, 3.05) is 0 Å². The Kier molecular flexibility index (Phi) is 34.0. The summed E-state index contributed by atoms with van der Waals surface area (Å²) in [6.45, 7) is 9.06. The highest BCUT2D eigenvalue weighted by Gasteiger charge is 2.02. The molecule has 223 valence electrons. The van der Waals surface area contributed by atoms with E-state index in [1.807, 2.05) is 0 Å². The van der Waals surface area contributed by atoms with Gasteiger partial charge in [0.15, 0.2) is 0 Å². The van der Waals surface area contributed by atoms with Crippen molar-refractivity contribution in [3.63, 3.8) is 0 Å². The maximum Gasteiger partial charge on any atom is -0.0414 e. The van der Waals surface area contributed by atoms with Crippen LogP contribution in [0.2, 0.25) is 0 Å². The van der Waals surface area contributed by atoms with E-state index in [4.69, 9.17) is 0 Å². The third-order valence-corrected chi connectivity index (χ3v) is 8.68. The standard InChI is InChI=1S/C37H75/c1-4-6-8-10-12-14-16-18-20-22-24-26-28-30-32-34-36-37(3)35-33-31-29-27-25-23-21-19-17-15-13-11-9-7-5-2/h37H,3-36H2,1-2H3. The van der Waals surface area contributed by atoms with Gasteiger partial charge < -0.3 is 0 Å². The van der Waals surface area contributed by atoms with Crippen molar-refractivity contribution in [2.24, 2.45) is 5.92 Å². The Hall–Kier alpha value is 0. The molecule has 0 nitrogen and oxygen atoms in total. The molecule has 0 saturated carbocycles. The molecule has 37 heavy (non-hydrogen) atoms. The van der Waals surface area contributed by atoms with Gasteiger partial charge in [0.1, 0.15) is 0 Å². The van der Waals surface area contributed by atoms with Crippen molar-refractivity contribution in [3.8, 4) is 0 Å². The van der Waals surface area contributed by atoms with Crippen LogP contribution in [0.15, 0.2) is 0 Å². The Labute approximate surface area is 238 Å². The minimum Gasteiger partial charge on any atom is -0.0654 e. The minimum absolute atomic E-state index is 0.716. The maximum atomic E-state index is 4.45. The molecule has 0 spiro atoms. The average molecular weight is 520 g/mol. The molecule has 0 amide bonds. The molecule has 1 atom stereocenters. The third kappa shape index (κ3) is 34.0. The van der Waals surface area contributed by atoms with Crippen LogP contribution in [0.1, 0.15) is 226 Å². The van der Waals surface area contributed by atoms with Gasteiger partial charge in [0.25, 0.3) is 0 Å². The first-order chi connectivity index (χ1) is 18.3. The van der Waals surface area contributed by atoms with Gasteiger partial charge in [-0.2, -0.15) is 0 Å². The number of rotatable bonds is 33. The first-order valence-corrected chi connectivity index (χ1v) is 18.1. The minimum atomic E-state index is 0.716. The van der Waals surface area contributed by atoms with Gasteiger partial charge in [0.2, 0.25) is 0 Å². The largest absolute Gasteiger partial charge is 0.0654 e. The molecule has 0 aliphatic rings. The van der Waals surface area contributed by atoms with Crippen molar-refractivity contribution >= 4 is 0 Å². The van der Waals surface area contributed by atoms with E-state index in [1.54, 1.807) is 0 Å². The number of unbranched alkanes of at least 4 members (excludes halogenated alkanes) is 29. The highest BCUT2D eigenvalue weighted by molar-refractivity contribution is 4.62. The van der Waals surface area contributed by atoms with E-state index in [0.29, 0.717) is 5.92 Å². The van der Waals surface area contributed by atoms with Crippen LogP contribution in [0.3, 0.4) is 0 Å². The summed E-state index contributed by atoms with van der Waals surface area (Å²) in [4.78, 5) is 0. The quantitative estimate of drug-likeness (QED) is 0.0756. The molecule has 0 aliphatic heterocycles. The lowest BCUT2D eigenvalue weighted by molar-refractivity contribution is 0.459. The predicted molar refractivity (Wildman–Crippen MR) is 173 cm³/mol. The lowest BCUT2D eigenvalue weighted by Crippen LogP contribution is -1.95. The Morgan fingerprint density at radius 3 is 0.622 bits per heavy atom. The smallest absolute Gasteiger partial charge is 0.0414 e. The van der Waals surface area contributed by atoms with Crippen molar-refractivity contribution < 1.29 is 0 Å². The fourth-order valence-electron chi connectivity index (χ4n) is 5.93. The molecule has 1 unspecified atom stereocenters. The molecule has 0 rings (SSSR count). The van der Waals surface area contributed by atoms with E-state index >= 15 is 0 Å². The average Bonchev–Trinajstić information content (AvgIpc) is 2.90. The Balaban J connectivity index is 3.13. The summed E-state index contributed by atoms with van der Waals surface area (Å²) in [5, 5.41) is 0. The highest BCUT2D eigenvalue weighted by atomic mass is 14.1. The Morgan fingerprint density at radius 2 is 0.432 bits per heavy atom. The topological polar surface area (TPSA) is 0 Å². The first kappa shape index (κ1) is 37.0. The molecule has 0 aromatic heterocycles. The van der Waals surface area contributed by atoms with Gasteiger partial charge in [-0.25, -0.2) is 0 Å². The van der Waals surface area contributed by atoms with E-state index < -0.39 is 0 Å². The molecule has 1 radical (unpaired) electrons. The summed E-state index contributed by atoms with van der Waals surface area (Å²) in [5.74, 6) is 0.716. The van der Waals surface area contributed by atoms with Gasteiger partial charge in [-0.1, -0.05) is 233 Å². The normalized spacial score (nSPS) is 12.4. The Bertz CT molecular complexity index is 372. The summed E-state index contributed by atoms with van der Waals surface area (Å²) in [6, 6.07) is 0. The van der Waals surface area contributed by atoms with E-state index in [9.17, 15) is 0 Å². The third-order valence-electron chi connectivity index (χ3n) is 8.68. The van der Waals surface area contributed by atoms with E-state index in [1.165, 1.54) is 212 Å². The van der Waals surface area contributed by atoms with Crippen molar-refractivity contribution in [1.82, 2.24) is 0 Å². The van der Waals surface area contributed by atoms with Gasteiger partial charge in [-0.05, 0) is 5.92 Å². The lowest BCUT2D eigenvalue weighted by Gasteiger charge is -2.11. The second kappa shape index (κ2) is 34.0. The molecule has 0 aromatic rings. The second-order valence-corrected chi connectivity index (χ2v) is 12.7. The summed E-state index contributed by atoms with van der Waals surface area (Å²) < 4.78 is 0. The van der Waals surface area contributed by atoms with E-state index in [2.05, 4.69) is 20.8 Å². The molecule has 0 fully saturated rings. The lowest BCUT2D eigenvalue weighted by atomic mass is 9.95. The first-order valence-electron chi connectivity index (χ1n) is 18.1. The van der Waals surface area contributed by atoms with E-state index in [-0.39, 0.29) is 0 Å². The van der Waals surface area contributed by atoms with Crippen LogP contribution in [0, 0.1) is 12.8 Å². The zero-order valence-corrected chi connectivity index (χ0v) is 26.6. The van der Waals surface area contributed by atoms with Crippen molar-refractivity contribution in [1.29, 1.82) is 0 Å². The molecule has 0 heteroatoms. The van der Waals surface area contributed by atoms with Gasteiger partial charge in [0, 0.05) is 0 Å². The van der Waals surface area contributed by atoms with Crippen molar-refractivity contribution in [3.05, 3.63) is 6.92 Å². The van der Waals surface area contributed by atoms with Gasteiger partial charge in [-0.3, -0.25) is 0 Å². The Morgan fingerprint density at radius 1 is 0.270 bits per heavy atom. The molecule has 0 saturated heterocycles. The van der Waals surface area contributed by atoms with Gasteiger partial charge in [-0.15, -0.1) is 0 Å². The number of hydrogen-bond donors (Lipinski definition) is 0. The SMILES string of the molecule is [CH2]C(CCCCCCCCCCCCCCCCC)CCCCCCCCCCCCCCCCCC. The predicted octanol–water partition coefficient (Wildman–Crippen LogP) is 14.3. The van der Waals surface area contributed by atoms with Gasteiger partial charge >= 0.3 is 0 Å². The second-order valence-electron chi connectivity index (χ2n) is 12.7. The maximum absolute atomic E-state index is 4.45. The van der Waals surface area contributed by atoms with E-state index in [0.717, 1.165) is 0 Å². The molecule has 0 heterocycles. The van der Waals surface area contributed by atoms with Gasteiger partial charge in [0.05, 0.1) is 0 Å². The highest BCUT2D eigenvalue weighted by Crippen LogP contribution is 2.19. The molecular formula is C37H75. The summed E-state index contributed by atoms with van der Waals surface area (Å²) >= 11 is 0. The molecule has 0 bridgehead atoms. The van der Waals surface area contributed by atoms with Crippen LogP contribution in [-0.4, -0.2) is 0 Å². The molecular weight excluding hydrogens is 444 g/mol. The molecule has 0 N–H and O–H groups in total. The van der Waals surface area contributed by atoms with Crippen LogP contribution in [0.25, 0.3) is 0 Å². The fraction of sp³-hybridized carbons (Fsp3) is 0.973. The zero-order chi connectivity index (χ0) is 26.9. The van der Waals surface area contributed by atoms with Crippen LogP contribution in [0.4, 0.5) is 0 Å². The van der Waals surface area contributed by atoms with Crippen LogP contribution < -0.4 is 0 Å². The number of hydrogen-bond acceptors (Lipinski definition) is 0. The zero-order valence-electron chi connectivity index (χ0n) is 26.6. The van der Waals surface area contributed by atoms with Crippen LogP contribution >= 0.6 is 0 Å². The molecule has 0 aliphatic carbocycles. The fourth-order valence-corrected chi connectivity index (χ4v) is 5.93. The molecule has 0 aromatic carbocycles.